The molecule has 2 bridgehead atoms. The first kappa shape index (κ1) is 30.5. The minimum atomic E-state index is -0.846. The fraction of sp³-hybridized carbons (Fsp3) is 0.963. The first-order valence-electron chi connectivity index (χ1n) is 13.3. The van der Waals surface area contributed by atoms with Gasteiger partial charge in [0.2, 0.25) is 0 Å². The Hall–Kier alpha value is -0.770. The van der Waals surface area contributed by atoms with E-state index in [0.29, 0.717) is 31.1 Å². The predicted octanol–water partition coefficient (Wildman–Crippen LogP) is 3.06. The Labute approximate surface area is 213 Å². The smallest absolute Gasteiger partial charge is 0.311 e. The summed E-state index contributed by atoms with van der Waals surface area (Å²) in [6.45, 7) is 14.9. The highest BCUT2D eigenvalue weighted by molar-refractivity contribution is 5.73. The van der Waals surface area contributed by atoms with E-state index in [4.69, 9.17) is 18.9 Å². The van der Waals surface area contributed by atoms with Crippen molar-refractivity contribution in [2.45, 2.75) is 110 Å². The van der Waals surface area contributed by atoms with Gasteiger partial charge in [-0.2, -0.15) is 0 Å². The van der Waals surface area contributed by atoms with Crippen LogP contribution in [-0.4, -0.2) is 92.6 Å². The van der Waals surface area contributed by atoms with E-state index in [1.807, 2.05) is 60.7 Å². The number of hydrogen-bond donors (Lipinski definition) is 2. The summed E-state index contributed by atoms with van der Waals surface area (Å²) in [5.74, 6) is -0.160. The lowest BCUT2D eigenvalue weighted by molar-refractivity contribution is -0.396. The Bertz CT molecular complexity index is 689. The highest BCUT2D eigenvalue weighted by Crippen LogP contribution is 2.49. The van der Waals surface area contributed by atoms with Crippen molar-refractivity contribution in [2.24, 2.45) is 23.7 Å². The SMILES string of the molecule is CCC(OC(=O)C(C)C(OC)C(C)CC(C)(O)CC(C)CNC)C1(C)OC(N(C)C)C2OC1C2C. The first-order valence-corrected chi connectivity index (χ1v) is 13.3. The topological polar surface area (TPSA) is 89.5 Å². The van der Waals surface area contributed by atoms with Gasteiger partial charge in [0.05, 0.1) is 23.7 Å². The Kier molecular flexibility index (Phi) is 10.6. The molecular formula is C27H52N2O6. The molecule has 3 saturated heterocycles. The Morgan fingerprint density at radius 3 is 2.37 bits per heavy atom. The Morgan fingerprint density at radius 1 is 1.26 bits per heavy atom. The molecule has 8 nitrogen and oxygen atoms in total. The van der Waals surface area contributed by atoms with Crippen molar-refractivity contribution in [1.82, 2.24) is 10.2 Å². The summed E-state index contributed by atoms with van der Waals surface area (Å²) >= 11 is 0. The lowest BCUT2D eigenvalue weighted by Gasteiger charge is -2.62. The van der Waals surface area contributed by atoms with Gasteiger partial charge in [-0.15, -0.1) is 0 Å². The van der Waals surface area contributed by atoms with Gasteiger partial charge in [-0.25, -0.2) is 0 Å². The molecule has 0 spiro atoms. The van der Waals surface area contributed by atoms with Crippen molar-refractivity contribution in [3.63, 3.8) is 0 Å². The van der Waals surface area contributed by atoms with Crippen molar-refractivity contribution in [3.8, 4) is 0 Å². The molecule has 3 fully saturated rings. The standard InChI is InChI=1S/C27H52N2O6/c1-12-20(27(7)23-18(4)22(34-23)24(35-27)29(9)10)33-25(30)19(5)21(32-11)17(3)14-26(6,31)13-16(2)15-28-8/h16-24,28,31H,12-15H2,1-11H3. The summed E-state index contributed by atoms with van der Waals surface area (Å²) in [4.78, 5) is 15.4. The van der Waals surface area contributed by atoms with Crippen LogP contribution in [0.1, 0.15) is 67.7 Å². The second-order valence-electron chi connectivity index (χ2n) is 11.9. The molecule has 2 N–H and O–H groups in total. The number of methoxy groups -OCH3 is 1. The fourth-order valence-corrected chi connectivity index (χ4v) is 6.52. The molecule has 0 amide bonds. The molecular weight excluding hydrogens is 448 g/mol. The van der Waals surface area contributed by atoms with Crippen LogP contribution in [0.3, 0.4) is 0 Å². The molecule has 35 heavy (non-hydrogen) atoms. The average Bonchev–Trinajstić information content (AvgIpc) is 2.75. The van der Waals surface area contributed by atoms with E-state index in [1.165, 1.54) is 0 Å². The van der Waals surface area contributed by atoms with E-state index in [-0.39, 0.29) is 36.4 Å². The number of likely N-dealkylation sites (N-methyl/N-ethyl adjacent to an activating group) is 1. The lowest BCUT2D eigenvalue weighted by Crippen LogP contribution is -2.76. The number of fused-ring (bicyclic) bond motifs is 2. The molecule has 0 radical (unpaired) electrons. The largest absolute Gasteiger partial charge is 0.459 e. The predicted molar refractivity (Wildman–Crippen MR) is 137 cm³/mol. The number of esters is 1. The van der Waals surface area contributed by atoms with Crippen LogP contribution >= 0.6 is 0 Å². The van der Waals surface area contributed by atoms with Crippen molar-refractivity contribution in [2.75, 3.05) is 34.8 Å². The van der Waals surface area contributed by atoms with Crippen LogP contribution in [0.2, 0.25) is 0 Å². The first-order chi connectivity index (χ1) is 16.2. The summed E-state index contributed by atoms with van der Waals surface area (Å²) in [5.41, 5.74) is -1.57. The minimum absolute atomic E-state index is 0.0326. The highest BCUT2D eigenvalue weighted by atomic mass is 16.7. The van der Waals surface area contributed by atoms with Gasteiger partial charge < -0.3 is 29.4 Å². The maximum atomic E-state index is 13.4. The summed E-state index contributed by atoms with van der Waals surface area (Å²) < 4.78 is 24.6. The van der Waals surface area contributed by atoms with Gasteiger partial charge in [0.15, 0.2) is 0 Å². The molecule has 0 aliphatic carbocycles. The quantitative estimate of drug-likeness (QED) is 0.352. The molecule has 3 aliphatic rings. The highest BCUT2D eigenvalue weighted by Gasteiger charge is 2.63. The Morgan fingerprint density at radius 2 is 1.89 bits per heavy atom. The van der Waals surface area contributed by atoms with Gasteiger partial charge in [0.25, 0.3) is 0 Å². The number of carbonyl (C=O) groups excluding carboxylic acids is 1. The summed E-state index contributed by atoms with van der Waals surface area (Å²) in [6.07, 6.45) is 0.780. The third-order valence-corrected chi connectivity index (χ3v) is 8.10. The van der Waals surface area contributed by atoms with E-state index in [0.717, 1.165) is 6.54 Å². The zero-order valence-corrected chi connectivity index (χ0v) is 24.0. The summed E-state index contributed by atoms with van der Waals surface area (Å²) in [5, 5.41) is 14.2. The van der Waals surface area contributed by atoms with Gasteiger partial charge in [-0.05, 0) is 79.6 Å². The van der Waals surface area contributed by atoms with Crippen LogP contribution < -0.4 is 5.32 Å². The molecule has 11 unspecified atom stereocenters. The number of nitrogens with one attached hydrogen (secondary N) is 1. The zero-order valence-electron chi connectivity index (χ0n) is 24.0. The second-order valence-corrected chi connectivity index (χ2v) is 11.9. The molecule has 8 heteroatoms. The van der Waals surface area contributed by atoms with Crippen molar-refractivity contribution in [1.29, 1.82) is 0 Å². The number of rotatable bonds is 14. The number of hydrogen-bond acceptors (Lipinski definition) is 8. The summed E-state index contributed by atoms with van der Waals surface area (Å²) in [7, 11) is 7.50. The molecule has 11 atom stereocenters. The normalized spacial score (nSPS) is 34.3. The van der Waals surface area contributed by atoms with E-state index < -0.39 is 23.2 Å². The fourth-order valence-electron chi connectivity index (χ4n) is 6.52. The molecule has 0 aromatic heterocycles. The van der Waals surface area contributed by atoms with Crippen LogP contribution in [0, 0.1) is 23.7 Å². The van der Waals surface area contributed by atoms with Crippen molar-refractivity contribution >= 4 is 5.97 Å². The van der Waals surface area contributed by atoms with Crippen LogP contribution in [0.25, 0.3) is 0 Å². The van der Waals surface area contributed by atoms with Crippen molar-refractivity contribution < 1.29 is 28.8 Å². The molecule has 3 aliphatic heterocycles. The molecule has 0 saturated carbocycles. The second kappa shape index (κ2) is 12.2. The van der Waals surface area contributed by atoms with Gasteiger partial charge in [0, 0.05) is 13.0 Å². The third kappa shape index (κ3) is 6.76. The molecule has 3 heterocycles. The maximum Gasteiger partial charge on any atom is 0.311 e. The number of ether oxygens (including phenoxy) is 4. The number of nitrogens with zero attached hydrogens (tertiary/aromatic N) is 1. The minimum Gasteiger partial charge on any atom is -0.459 e. The molecule has 3 rings (SSSR count). The zero-order chi connectivity index (χ0) is 26.7. The van der Waals surface area contributed by atoms with Gasteiger partial charge in [-0.3, -0.25) is 9.69 Å². The van der Waals surface area contributed by atoms with E-state index in [9.17, 15) is 9.90 Å². The van der Waals surface area contributed by atoms with Gasteiger partial charge >= 0.3 is 5.97 Å². The van der Waals surface area contributed by atoms with Crippen LogP contribution in [0.5, 0.6) is 0 Å². The Balaban J connectivity index is 2.07. The molecule has 0 aromatic carbocycles. The molecule has 206 valence electrons. The van der Waals surface area contributed by atoms with E-state index in [2.05, 4.69) is 19.2 Å². The number of aliphatic hydroxyl groups is 1. The third-order valence-electron chi connectivity index (χ3n) is 8.10. The lowest BCUT2D eigenvalue weighted by atomic mass is 9.73. The summed E-state index contributed by atoms with van der Waals surface area (Å²) in [6, 6.07) is 0. The number of carbonyl (C=O) groups is 1. The van der Waals surface area contributed by atoms with Crippen LogP contribution in [0.15, 0.2) is 0 Å². The van der Waals surface area contributed by atoms with E-state index >= 15 is 0 Å². The van der Waals surface area contributed by atoms with Gasteiger partial charge in [-0.1, -0.05) is 27.7 Å². The maximum absolute atomic E-state index is 13.4. The van der Waals surface area contributed by atoms with Crippen LogP contribution in [-0.2, 0) is 23.7 Å². The van der Waals surface area contributed by atoms with Gasteiger partial charge in [0.1, 0.15) is 24.0 Å². The monoisotopic (exact) mass is 500 g/mol. The average molecular weight is 501 g/mol. The van der Waals surface area contributed by atoms with Crippen LogP contribution in [0.4, 0.5) is 0 Å². The van der Waals surface area contributed by atoms with Crippen molar-refractivity contribution in [3.05, 3.63) is 0 Å². The van der Waals surface area contributed by atoms with E-state index in [1.54, 1.807) is 7.11 Å². The molecule has 0 aromatic rings.